The van der Waals surface area contributed by atoms with Gasteiger partial charge in [0.15, 0.2) is 0 Å². The van der Waals surface area contributed by atoms with Gasteiger partial charge in [-0.1, -0.05) is 12.8 Å². The zero-order valence-corrected chi connectivity index (χ0v) is 13.2. The predicted octanol–water partition coefficient (Wildman–Crippen LogP) is 3.52. The van der Waals surface area contributed by atoms with Crippen LogP contribution in [0.2, 0.25) is 0 Å². The van der Waals surface area contributed by atoms with Crippen LogP contribution in [0, 0.1) is 24.2 Å². The number of aryl methyl sites for hydroxylation is 1. The maximum Gasteiger partial charge on any atom is 0.114 e. The van der Waals surface area contributed by atoms with Crippen LogP contribution in [0.4, 0.5) is 0 Å². The maximum absolute atomic E-state index is 9.25. The lowest BCUT2D eigenvalue weighted by molar-refractivity contribution is 0.492. The molecule has 0 bridgehead atoms. The Morgan fingerprint density at radius 2 is 2.20 bits per heavy atom. The quantitative estimate of drug-likeness (QED) is 0.814. The fourth-order valence-electron chi connectivity index (χ4n) is 2.86. The van der Waals surface area contributed by atoms with Crippen LogP contribution in [0.25, 0.3) is 0 Å². The molecule has 0 saturated heterocycles. The monoisotopic (exact) mass is 289 g/mol. The molecule has 0 radical (unpaired) electrons. The Labute approximate surface area is 126 Å². The van der Waals surface area contributed by atoms with Crippen molar-refractivity contribution in [2.45, 2.75) is 49.3 Å². The van der Waals surface area contributed by atoms with E-state index in [0.29, 0.717) is 10.8 Å². The van der Waals surface area contributed by atoms with Crippen LogP contribution in [0.5, 0.6) is 0 Å². The predicted molar refractivity (Wildman–Crippen MR) is 83.8 cm³/mol. The van der Waals surface area contributed by atoms with Gasteiger partial charge in [-0.15, -0.1) is 11.8 Å². The summed E-state index contributed by atoms with van der Waals surface area (Å²) in [5.41, 5.74) is 1.71. The average molecular weight is 289 g/mol. The van der Waals surface area contributed by atoms with Crippen molar-refractivity contribution in [3.63, 3.8) is 0 Å². The first-order chi connectivity index (χ1) is 9.74. The highest BCUT2D eigenvalue weighted by Gasteiger charge is 2.26. The third-order valence-corrected chi connectivity index (χ3v) is 5.45. The summed E-state index contributed by atoms with van der Waals surface area (Å²) in [6, 6.07) is 6.09. The Balaban J connectivity index is 2.14. The number of pyridine rings is 1. The Morgan fingerprint density at radius 1 is 1.45 bits per heavy atom. The summed E-state index contributed by atoms with van der Waals surface area (Å²) in [7, 11) is 2.00. The van der Waals surface area contributed by atoms with E-state index in [1.165, 1.54) is 25.7 Å². The molecule has 1 unspecified atom stereocenters. The fourth-order valence-corrected chi connectivity index (χ4v) is 4.28. The van der Waals surface area contributed by atoms with Crippen LogP contribution >= 0.6 is 11.8 Å². The van der Waals surface area contributed by atoms with Gasteiger partial charge in [-0.25, -0.2) is 4.98 Å². The van der Waals surface area contributed by atoms with E-state index in [-0.39, 0.29) is 0 Å². The second kappa shape index (κ2) is 7.66. The normalized spacial score (nSPS) is 17.1. The molecule has 1 aliphatic carbocycles. The molecule has 0 aliphatic heterocycles. The van der Waals surface area contributed by atoms with Crippen molar-refractivity contribution in [3.05, 3.63) is 23.4 Å². The number of hydrogen-bond donors (Lipinski definition) is 1. The molecule has 1 atom stereocenters. The summed E-state index contributed by atoms with van der Waals surface area (Å²) in [6.45, 7) is 3.02. The highest BCUT2D eigenvalue weighted by Crippen LogP contribution is 2.39. The maximum atomic E-state index is 9.25. The fraction of sp³-hybridized carbons (Fsp3) is 0.625. The van der Waals surface area contributed by atoms with Crippen molar-refractivity contribution in [1.82, 2.24) is 10.3 Å². The molecular formula is C16H23N3S. The second-order valence-corrected chi connectivity index (χ2v) is 6.74. The Hall–Kier alpha value is -1.05. The van der Waals surface area contributed by atoms with E-state index in [0.717, 1.165) is 29.6 Å². The Bertz CT molecular complexity index is 475. The molecule has 1 fully saturated rings. The SMILES string of the molecule is CNCCC(Sc1nc(C)ccc1C#N)C1CCCC1. The van der Waals surface area contributed by atoms with Gasteiger partial charge in [0.2, 0.25) is 0 Å². The summed E-state index contributed by atoms with van der Waals surface area (Å²) >= 11 is 1.82. The van der Waals surface area contributed by atoms with Crippen molar-refractivity contribution >= 4 is 11.8 Å². The van der Waals surface area contributed by atoms with Crippen LogP contribution in [0.3, 0.4) is 0 Å². The molecule has 0 spiro atoms. The molecule has 1 N–H and O–H groups in total. The Morgan fingerprint density at radius 3 is 2.85 bits per heavy atom. The van der Waals surface area contributed by atoms with E-state index in [2.05, 4.69) is 16.4 Å². The van der Waals surface area contributed by atoms with Gasteiger partial charge < -0.3 is 5.32 Å². The summed E-state index contributed by atoms with van der Waals surface area (Å²) in [4.78, 5) is 4.58. The number of rotatable bonds is 6. The first-order valence-corrected chi connectivity index (χ1v) is 8.31. The van der Waals surface area contributed by atoms with Crippen molar-refractivity contribution < 1.29 is 0 Å². The highest BCUT2D eigenvalue weighted by molar-refractivity contribution is 7.99. The molecule has 3 nitrogen and oxygen atoms in total. The number of nitrogens with one attached hydrogen (secondary N) is 1. The van der Waals surface area contributed by atoms with Crippen LogP contribution in [0.1, 0.15) is 43.4 Å². The Kier molecular flexibility index (Phi) is 5.87. The molecule has 1 heterocycles. The lowest BCUT2D eigenvalue weighted by Gasteiger charge is -2.23. The first-order valence-electron chi connectivity index (χ1n) is 7.43. The molecule has 0 aromatic carbocycles. The van der Waals surface area contributed by atoms with E-state index < -0.39 is 0 Å². The molecule has 20 heavy (non-hydrogen) atoms. The van der Waals surface area contributed by atoms with Crippen molar-refractivity contribution in [3.8, 4) is 6.07 Å². The minimum Gasteiger partial charge on any atom is -0.320 e. The van der Waals surface area contributed by atoms with E-state index in [1.54, 1.807) is 0 Å². The molecule has 1 aliphatic rings. The smallest absolute Gasteiger partial charge is 0.114 e. The summed E-state index contributed by atoms with van der Waals surface area (Å²) < 4.78 is 0. The molecule has 1 aromatic rings. The van der Waals surface area contributed by atoms with Gasteiger partial charge >= 0.3 is 0 Å². The second-order valence-electron chi connectivity index (χ2n) is 5.51. The number of nitriles is 1. The van der Waals surface area contributed by atoms with Gasteiger partial charge in [0.05, 0.1) is 5.56 Å². The molecular weight excluding hydrogens is 266 g/mol. The third-order valence-electron chi connectivity index (χ3n) is 3.99. The number of aromatic nitrogens is 1. The molecule has 2 rings (SSSR count). The molecule has 0 amide bonds. The van der Waals surface area contributed by atoms with Crippen LogP contribution < -0.4 is 5.32 Å². The summed E-state index contributed by atoms with van der Waals surface area (Å²) in [5.74, 6) is 0.780. The molecule has 1 aromatic heterocycles. The van der Waals surface area contributed by atoms with E-state index in [9.17, 15) is 5.26 Å². The van der Waals surface area contributed by atoms with Gasteiger partial charge in [0, 0.05) is 10.9 Å². The van der Waals surface area contributed by atoms with Gasteiger partial charge in [-0.2, -0.15) is 5.26 Å². The summed E-state index contributed by atoms with van der Waals surface area (Å²) in [5, 5.41) is 14.0. The largest absolute Gasteiger partial charge is 0.320 e. The van der Waals surface area contributed by atoms with Crippen molar-refractivity contribution in [2.75, 3.05) is 13.6 Å². The number of nitrogens with zero attached hydrogens (tertiary/aromatic N) is 2. The number of hydrogen-bond acceptors (Lipinski definition) is 4. The molecule has 108 valence electrons. The van der Waals surface area contributed by atoms with E-state index >= 15 is 0 Å². The zero-order chi connectivity index (χ0) is 14.4. The third kappa shape index (κ3) is 3.97. The van der Waals surface area contributed by atoms with Crippen LogP contribution in [0.15, 0.2) is 17.2 Å². The first kappa shape index (κ1) is 15.3. The minimum atomic E-state index is 0.575. The molecule has 4 heteroatoms. The van der Waals surface area contributed by atoms with E-state index in [4.69, 9.17) is 0 Å². The topological polar surface area (TPSA) is 48.7 Å². The van der Waals surface area contributed by atoms with Gasteiger partial charge in [-0.3, -0.25) is 0 Å². The minimum absolute atomic E-state index is 0.575. The molecule has 1 saturated carbocycles. The average Bonchev–Trinajstić information content (AvgIpc) is 2.97. The van der Waals surface area contributed by atoms with Gasteiger partial charge in [0.1, 0.15) is 11.1 Å². The summed E-state index contributed by atoms with van der Waals surface area (Å²) in [6.07, 6.45) is 6.51. The lowest BCUT2D eigenvalue weighted by atomic mass is 10.0. The van der Waals surface area contributed by atoms with Gasteiger partial charge in [0.25, 0.3) is 0 Å². The van der Waals surface area contributed by atoms with E-state index in [1.807, 2.05) is 37.9 Å². The van der Waals surface area contributed by atoms with Crippen LogP contribution in [-0.4, -0.2) is 23.8 Å². The highest BCUT2D eigenvalue weighted by atomic mass is 32.2. The zero-order valence-electron chi connectivity index (χ0n) is 12.4. The number of thioether (sulfide) groups is 1. The standard InChI is InChI=1S/C16H23N3S/c1-12-7-8-14(11-17)16(19-12)20-15(9-10-18-2)13-5-3-4-6-13/h7-8,13,15,18H,3-6,9-10H2,1-2H3. The van der Waals surface area contributed by atoms with Crippen molar-refractivity contribution in [1.29, 1.82) is 5.26 Å². The lowest BCUT2D eigenvalue weighted by Crippen LogP contribution is -2.21. The van der Waals surface area contributed by atoms with Crippen molar-refractivity contribution in [2.24, 2.45) is 5.92 Å². The van der Waals surface area contributed by atoms with Gasteiger partial charge in [-0.05, 0) is 57.8 Å². The van der Waals surface area contributed by atoms with Crippen LogP contribution in [-0.2, 0) is 0 Å².